The fourth-order valence-corrected chi connectivity index (χ4v) is 5.01. The smallest absolute Gasteiger partial charge is 0.255 e. The van der Waals surface area contributed by atoms with Crippen molar-refractivity contribution in [3.05, 3.63) is 60.2 Å². The lowest BCUT2D eigenvalue weighted by atomic mass is 9.85. The van der Waals surface area contributed by atoms with Crippen LogP contribution in [0.1, 0.15) is 16.8 Å². The van der Waals surface area contributed by atoms with Crippen molar-refractivity contribution in [1.29, 1.82) is 0 Å². The fraction of sp³-hybridized carbons (Fsp3) is 0.292. The number of amides is 3. The molecule has 4 unspecified atom stereocenters. The van der Waals surface area contributed by atoms with Gasteiger partial charge in [0.2, 0.25) is 11.8 Å². The molecule has 3 amide bonds. The number of hydrogen-bond donors (Lipinski definition) is 1. The van der Waals surface area contributed by atoms with Crippen molar-refractivity contribution in [2.45, 2.75) is 6.42 Å². The van der Waals surface area contributed by atoms with Crippen LogP contribution in [0.3, 0.4) is 0 Å². The van der Waals surface area contributed by atoms with Crippen LogP contribution in [0.15, 0.2) is 54.6 Å². The Hall–Kier alpha value is -3.61. The highest BCUT2D eigenvalue weighted by Crippen LogP contribution is 2.53. The second kappa shape index (κ2) is 7.27. The van der Waals surface area contributed by atoms with Crippen LogP contribution in [-0.2, 0) is 9.59 Å². The molecule has 1 heterocycles. The first-order valence-corrected chi connectivity index (χ1v) is 10.2. The summed E-state index contributed by atoms with van der Waals surface area (Å²) in [4.78, 5) is 39.9. The first kappa shape index (κ1) is 19.4. The number of anilines is 2. The summed E-state index contributed by atoms with van der Waals surface area (Å²) in [7, 11) is 3.07. The van der Waals surface area contributed by atoms with Crippen LogP contribution in [0.25, 0.3) is 0 Å². The number of benzene rings is 2. The number of nitrogens with one attached hydrogen (secondary N) is 1. The van der Waals surface area contributed by atoms with Gasteiger partial charge in [-0.3, -0.25) is 19.3 Å². The van der Waals surface area contributed by atoms with Crippen LogP contribution in [0, 0.1) is 23.7 Å². The van der Waals surface area contributed by atoms with Crippen LogP contribution in [0.5, 0.6) is 11.5 Å². The number of fused-ring (bicyclic) bond motifs is 5. The predicted octanol–water partition coefficient (Wildman–Crippen LogP) is 3.27. The first-order chi connectivity index (χ1) is 15.0. The van der Waals surface area contributed by atoms with Crippen molar-refractivity contribution in [2.24, 2.45) is 23.7 Å². The quantitative estimate of drug-likeness (QED) is 0.595. The van der Waals surface area contributed by atoms with E-state index in [1.165, 1.54) is 12.0 Å². The summed E-state index contributed by atoms with van der Waals surface area (Å²) in [6.07, 6.45) is 5.04. The van der Waals surface area contributed by atoms with Crippen molar-refractivity contribution in [3.63, 3.8) is 0 Å². The number of carbonyl (C=O) groups is 3. The number of allylic oxidation sites excluding steroid dienone is 2. The van der Waals surface area contributed by atoms with E-state index in [2.05, 4.69) is 17.5 Å². The van der Waals surface area contributed by atoms with E-state index in [0.717, 1.165) is 6.42 Å². The molecule has 4 atom stereocenters. The maximum Gasteiger partial charge on any atom is 0.255 e. The van der Waals surface area contributed by atoms with Gasteiger partial charge >= 0.3 is 0 Å². The van der Waals surface area contributed by atoms with E-state index in [1.807, 2.05) is 0 Å². The molecule has 7 heteroatoms. The predicted molar refractivity (Wildman–Crippen MR) is 114 cm³/mol. The van der Waals surface area contributed by atoms with Gasteiger partial charge in [-0.2, -0.15) is 0 Å². The van der Waals surface area contributed by atoms with Crippen molar-refractivity contribution < 1.29 is 23.9 Å². The molecule has 5 rings (SSSR count). The molecule has 1 saturated carbocycles. The number of carbonyl (C=O) groups excluding carboxylic acids is 3. The topological polar surface area (TPSA) is 84.9 Å². The molecule has 1 N–H and O–H groups in total. The molecule has 31 heavy (non-hydrogen) atoms. The zero-order chi connectivity index (χ0) is 21.7. The highest BCUT2D eigenvalue weighted by atomic mass is 16.5. The van der Waals surface area contributed by atoms with Gasteiger partial charge in [-0.05, 0) is 54.7 Å². The van der Waals surface area contributed by atoms with Gasteiger partial charge in [0.05, 0.1) is 37.4 Å². The Morgan fingerprint density at radius 2 is 1.58 bits per heavy atom. The van der Waals surface area contributed by atoms with Gasteiger partial charge in [0.25, 0.3) is 5.91 Å². The summed E-state index contributed by atoms with van der Waals surface area (Å²) in [5.41, 5.74) is 1.42. The highest BCUT2D eigenvalue weighted by Gasteiger charge is 2.59. The SMILES string of the molecule is COc1ccc(NC(=O)c2ccc(N3C(=O)C4C5C=CC(C5)C4C3=O)cc2)c(OC)c1. The maximum atomic E-state index is 12.9. The molecule has 3 aliphatic rings. The Kier molecular flexibility index (Phi) is 4.54. The number of methoxy groups -OCH3 is 2. The minimum Gasteiger partial charge on any atom is -0.497 e. The average molecular weight is 418 g/mol. The number of rotatable bonds is 5. The zero-order valence-corrected chi connectivity index (χ0v) is 17.2. The Morgan fingerprint density at radius 3 is 2.16 bits per heavy atom. The van der Waals surface area contributed by atoms with Gasteiger partial charge < -0.3 is 14.8 Å². The van der Waals surface area contributed by atoms with Gasteiger partial charge in [0, 0.05) is 11.6 Å². The van der Waals surface area contributed by atoms with Gasteiger partial charge in [-0.15, -0.1) is 0 Å². The largest absolute Gasteiger partial charge is 0.497 e. The lowest BCUT2D eigenvalue weighted by Gasteiger charge is -2.17. The van der Waals surface area contributed by atoms with Crippen LogP contribution in [0.2, 0.25) is 0 Å². The van der Waals surface area contributed by atoms with Crippen LogP contribution >= 0.6 is 0 Å². The summed E-state index contributed by atoms with van der Waals surface area (Å²) in [5, 5.41) is 2.81. The van der Waals surface area contributed by atoms with E-state index in [4.69, 9.17) is 9.47 Å². The van der Waals surface area contributed by atoms with Crippen molar-refractivity contribution in [1.82, 2.24) is 0 Å². The summed E-state index contributed by atoms with van der Waals surface area (Å²) in [6, 6.07) is 11.6. The normalized spacial score (nSPS) is 25.7. The third-order valence-corrected chi connectivity index (χ3v) is 6.51. The van der Waals surface area contributed by atoms with Crippen molar-refractivity contribution >= 4 is 29.1 Å². The minimum atomic E-state index is -0.326. The third kappa shape index (κ3) is 3.00. The molecule has 2 fully saturated rings. The van der Waals surface area contributed by atoms with Gasteiger partial charge in [0.1, 0.15) is 11.5 Å². The monoisotopic (exact) mass is 418 g/mol. The van der Waals surface area contributed by atoms with E-state index in [-0.39, 0.29) is 41.4 Å². The molecule has 158 valence electrons. The molecule has 2 bridgehead atoms. The molecule has 2 aromatic rings. The second-order valence-electron chi connectivity index (χ2n) is 8.08. The van der Waals surface area contributed by atoms with E-state index >= 15 is 0 Å². The number of imide groups is 1. The number of ether oxygens (including phenoxy) is 2. The molecule has 0 radical (unpaired) electrons. The Balaban J connectivity index is 1.33. The molecule has 1 saturated heterocycles. The number of nitrogens with zero attached hydrogens (tertiary/aromatic N) is 1. The molecular formula is C24H22N2O5. The molecule has 2 aliphatic carbocycles. The molecule has 0 aromatic heterocycles. The number of hydrogen-bond acceptors (Lipinski definition) is 5. The second-order valence-corrected chi connectivity index (χ2v) is 8.08. The van der Waals surface area contributed by atoms with Gasteiger partial charge in [-0.1, -0.05) is 12.2 Å². The molecule has 0 spiro atoms. The lowest BCUT2D eigenvalue weighted by Crippen LogP contribution is -2.32. The highest BCUT2D eigenvalue weighted by molar-refractivity contribution is 6.23. The van der Waals surface area contributed by atoms with Crippen LogP contribution in [0.4, 0.5) is 11.4 Å². The van der Waals surface area contributed by atoms with Gasteiger partial charge in [-0.25, -0.2) is 0 Å². The molecule has 7 nitrogen and oxygen atoms in total. The standard InChI is InChI=1S/C24H22N2O5/c1-30-17-9-10-18(19(12-17)31-2)25-22(27)13-5-7-16(8-6-13)26-23(28)20-14-3-4-15(11-14)21(20)24(26)29/h3-10,12,14-15,20-21H,11H2,1-2H3,(H,25,27). The Labute approximate surface area is 179 Å². The summed E-state index contributed by atoms with van der Waals surface area (Å²) < 4.78 is 10.5. The maximum absolute atomic E-state index is 12.9. The minimum absolute atomic E-state index is 0.132. The average Bonchev–Trinajstić information content (AvgIpc) is 3.48. The van der Waals surface area contributed by atoms with E-state index in [0.29, 0.717) is 28.4 Å². The lowest BCUT2D eigenvalue weighted by molar-refractivity contribution is -0.123. The first-order valence-electron chi connectivity index (χ1n) is 10.2. The van der Waals surface area contributed by atoms with Gasteiger partial charge in [0.15, 0.2) is 0 Å². The molecule has 1 aliphatic heterocycles. The van der Waals surface area contributed by atoms with E-state index in [1.54, 1.807) is 49.6 Å². The van der Waals surface area contributed by atoms with Crippen molar-refractivity contribution in [3.8, 4) is 11.5 Å². The van der Waals surface area contributed by atoms with Crippen LogP contribution < -0.4 is 19.7 Å². The summed E-state index contributed by atoms with van der Waals surface area (Å²) >= 11 is 0. The Bertz CT molecular complexity index is 1080. The van der Waals surface area contributed by atoms with E-state index < -0.39 is 0 Å². The fourth-order valence-electron chi connectivity index (χ4n) is 5.01. The van der Waals surface area contributed by atoms with Crippen molar-refractivity contribution in [2.75, 3.05) is 24.4 Å². The zero-order valence-electron chi connectivity index (χ0n) is 17.2. The van der Waals surface area contributed by atoms with Crippen LogP contribution in [-0.4, -0.2) is 31.9 Å². The third-order valence-electron chi connectivity index (χ3n) is 6.51. The summed E-state index contributed by atoms with van der Waals surface area (Å²) in [5.74, 6) is 0.357. The molecular weight excluding hydrogens is 396 g/mol. The molecule has 2 aromatic carbocycles. The summed E-state index contributed by atoms with van der Waals surface area (Å²) in [6.45, 7) is 0. The van der Waals surface area contributed by atoms with E-state index in [9.17, 15) is 14.4 Å². The Morgan fingerprint density at radius 1 is 0.935 bits per heavy atom.